The maximum Gasteiger partial charge on any atom is 0.224 e. The van der Waals surface area contributed by atoms with Gasteiger partial charge in [-0.05, 0) is 13.3 Å². The van der Waals surface area contributed by atoms with Gasteiger partial charge in [-0.2, -0.15) is 4.98 Å². The van der Waals surface area contributed by atoms with Crippen molar-refractivity contribution in [2.75, 3.05) is 23.8 Å². The van der Waals surface area contributed by atoms with E-state index in [9.17, 15) is 0 Å². The van der Waals surface area contributed by atoms with Gasteiger partial charge < -0.3 is 10.2 Å². The van der Waals surface area contributed by atoms with E-state index in [0.717, 1.165) is 31.0 Å². The summed E-state index contributed by atoms with van der Waals surface area (Å²) in [7, 11) is 1.97. The number of aryl methyl sites for hydroxylation is 1. The highest BCUT2D eigenvalue weighted by Gasteiger charge is 2.12. The summed E-state index contributed by atoms with van der Waals surface area (Å²) in [6, 6.07) is 0. The Morgan fingerprint density at radius 2 is 2.20 bits per heavy atom. The summed E-state index contributed by atoms with van der Waals surface area (Å²) in [5.74, 6) is 1.34. The zero-order valence-corrected chi connectivity index (χ0v) is 13.4. The largest absolute Gasteiger partial charge is 0.354 e. The molecule has 2 heterocycles. The molecule has 0 unspecified atom stereocenters. The predicted molar refractivity (Wildman–Crippen MR) is 84.8 cm³/mol. The molecule has 5 nitrogen and oxygen atoms in total. The van der Waals surface area contributed by atoms with Gasteiger partial charge in [0, 0.05) is 18.5 Å². The molecule has 0 aliphatic carbocycles. The summed E-state index contributed by atoms with van der Waals surface area (Å²) in [6.45, 7) is 5.69. The minimum absolute atomic E-state index is 0.553. The summed E-state index contributed by atoms with van der Waals surface area (Å²) >= 11 is 7.84. The van der Waals surface area contributed by atoms with Crippen molar-refractivity contribution in [3.8, 4) is 0 Å². The maximum absolute atomic E-state index is 6.20. The van der Waals surface area contributed by atoms with Crippen LogP contribution in [0.25, 0.3) is 0 Å². The van der Waals surface area contributed by atoms with Crippen molar-refractivity contribution in [3.63, 3.8) is 0 Å². The number of anilines is 2. The topological polar surface area (TPSA) is 53.9 Å². The Hall–Kier alpha value is -1.40. The van der Waals surface area contributed by atoms with Crippen molar-refractivity contribution in [2.45, 2.75) is 26.8 Å². The fourth-order valence-electron chi connectivity index (χ4n) is 1.72. The predicted octanol–water partition coefficient (Wildman–Crippen LogP) is 3.35. The van der Waals surface area contributed by atoms with Gasteiger partial charge >= 0.3 is 0 Å². The molecule has 0 saturated heterocycles. The van der Waals surface area contributed by atoms with Crippen LogP contribution in [-0.2, 0) is 6.54 Å². The van der Waals surface area contributed by atoms with Gasteiger partial charge in [-0.3, -0.25) is 0 Å². The summed E-state index contributed by atoms with van der Waals surface area (Å²) < 4.78 is 0. The van der Waals surface area contributed by atoms with Crippen molar-refractivity contribution in [2.24, 2.45) is 0 Å². The van der Waals surface area contributed by atoms with Gasteiger partial charge in [-0.15, -0.1) is 11.3 Å². The van der Waals surface area contributed by atoms with Gasteiger partial charge in [-0.25, -0.2) is 9.97 Å². The Bertz CT molecular complexity index is 572. The molecule has 0 fully saturated rings. The van der Waals surface area contributed by atoms with Crippen LogP contribution in [0.5, 0.6) is 0 Å². The molecule has 0 radical (unpaired) electrons. The number of nitrogens with one attached hydrogen (secondary N) is 1. The third kappa shape index (κ3) is 3.58. The van der Waals surface area contributed by atoms with E-state index in [1.54, 1.807) is 17.5 Å². The Morgan fingerprint density at radius 3 is 2.85 bits per heavy atom. The molecule has 0 saturated carbocycles. The quantitative estimate of drug-likeness (QED) is 0.886. The lowest BCUT2D eigenvalue weighted by Gasteiger charge is -2.19. The molecular weight excluding hydrogens is 294 g/mol. The lowest BCUT2D eigenvalue weighted by Crippen LogP contribution is -2.19. The second kappa shape index (κ2) is 6.85. The van der Waals surface area contributed by atoms with Crippen molar-refractivity contribution in [1.29, 1.82) is 0 Å². The highest BCUT2D eigenvalue weighted by Crippen LogP contribution is 2.25. The first kappa shape index (κ1) is 15.0. The summed E-state index contributed by atoms with van der Waals surface area (Å²) in [5.41, 5.74) is 2.91. The number of aromatic nitrogens is 3. The lowest BCUT2D eigenvalue weighted by atomic mass is 10.3. The zero-order chi connectivity index (χ0) is 14.5. The van der Waals surface area contributed by atoms with Crippen LogP contribution in [0, 0.1) is 6.92 Å². The number of hydrogen-bond acceptors (Lipinski definition) is 6. The Kier molecular flexibility index (Phi) is 5.14. The first-order chi connectivity index (χ1) is 9.61. The second-order valence-electron chi connectivity index (χ2n) is 4.51. The van der Waals surface area contributed by atoms with Crippen LogP contribution in [0.4, 0.5) is 11.8 Å². The van der Waals surface area contributed by atoms with Crippen LogP contribution in [0.2, 0.25) is 5.02 Å². The summed E-state index contributed by atoms with van der Waals surface area (Å²) in [4.78, 5) is 16.1. The molecule has 0 aliphatic heterocycles. The van der Waals surface area contributed by atoms with Crippen LogP contribution in [0.15, 0.2) is 11.7 Å². The number of rotatable bonds is 6. The van der Waals surface area contributed by atoms with Gasteiger partial charge in [-0.1, -0.05) is 18.5 Å². The zero-order valence-electron chi connectivity index (χ0n) is 11.9. The fraction of sp³-hybridized carbons (Fsp3) is 0.462. The molecule has 2 aromatic rings. The number of halogens is 1. The van der Waals surface area contributed by atoms with E-state index in [1.807, 2.05) is 24.4 Å². The molecule has 2 aromatic heterocycles. The van der Waals surface area contributed by atoms with Crippen molar-refractivity contribution in [1.82, 2.24) is 15.0 Å². The fourth-order valence-corrected chi connectivity index (χ4v) is 2.78. The van der Waals surface area contributed by atoms with Crippen LogP contribution in [0.3, 0.4) is 0 Å². The molecule has 2 rings (SSSR count). The van der Waals surface area contributed by atoms with E-state index in [2.05, 4.69) is 27.2 Å². The summed E-state index contributed by atoms with van der Waals surface area (Å²) in [5, 5.41) is 3.72. The first-order valence-electron chi connectivity index (χ1n) is 6.48. The van der Waals surface area contributed by atoms with Gasteiger partial charge in [0.15, 0.2) is 5.82 Å². The monoisotopic (exact) mass is 311 g/mol. The Balaban J connectivity index is 2.15. The molecular formula is C13H18ClN5S. The van der Waals surface area contributed by atoms with Crippen molar-refractivity contribution < 1.29 is 0 Å². The smallest absolute Gasteiger partial charge is 0.224 e. The lowest BCUT2D eigenvalue weighted by molar-refractivity contribution is 0.887. The van der Waals surface area contributed by atoms with Crippen LogP contribution in [0.1, 0.15) is 23.9 Å². The SMILES string of the molecule is CCCNc1ncc(Cl)c(N(C)Cc2scnc2C)n1. The highest BCUT2D eigenvalue weighted by atomic mass is 35.5. The average Bonchev–Trinajstić information content (AvgIpc) is 2.83. The van der Waals surface area contributed by atoms with E-state index < -0.39 is 0 Å². The molecule has 0 bridgehead atoms. The van der Waals surface area contributed by atoms with Crippen molar-refractivity contribution >= 4 is 34.7 Å². The minimum atomic E-state index is 0.553. The van der Waals surface area contributed by atoms with Crippen LogP contribution < -0.4 is 10.2 Å². The summed E-state index contributed by atoms with van der Waals surface area (Å²) in [6.07, 6.45) is 2.66. The van der Waals surface area contributed by atoms with E-state index in [1.165, 1.54) is 4.88 Å². The maximum atomic E-state index is 6.20. The number of nitrogens with zero attached hydrogens (tertiary/aromatic N) is 4. The Labute approximate surface area is 128 Å². The third-order valence-electron chi connectivity index (χ3n) is 2.85. The van der Waals surface area contributed by atoms with E-state index in [-0.39, 0.29) is 0 Å². The molecule has 20 heavy (non-hydrogen) atoms. The average molecular weight is 312 g/mol. The molecule has 1 N–H and O–H groups in total. The van der Waals surface area contributed by atoms with E-state index >= 15 is 0 Å². The molecule has 0 aromatic carbocycles. The Morgan fingerprint density at radius 1 is 1.40 bits per heavy atom. The highest BCUT2D eigenvalue weighted by molar-refractivity contribution is 7.09. The number of hydrogen-bond donors (Lipinski definition) is 1. The van der Waals surface area contributed by atoms with Crippen molar-refractivity contribution in [3.05, 3.63) is 27.3 Å². The normalized spacial score (nSPS) is 10.6. The van der Waals surface area contributed by atoms with E-state index in [0.29, 0.717) is 11.0 Å². The van der Waals surface area contributed by atoms with Gasteiger partial charge in [0.25, 0.3) is 0 Å². The molecule has 7 heteroatoms. The molecule has 108 valence electrons. The van der Waals surface area contributed by atoms with Gasteiger partial charge in [0.1, 0.15) is 5.02 Å². The first-order valence-corrected chi connectivity index (χ1v) is 7.74. The van der Waals surface area contributed by atoms with Crippen LogP contribution >= 0.6 is 22.9 Å². The standard InChI is InChI=1S/C13H18ClN5S/c1-4-5-15-13-16-6-10(14)12(18-13)19(3)7-11-9(2)17-8-20-11/h6,8H,4-5,7H2,1-3H3,(H,15,16,18). The molecule has 0 amide bonds. The van der Waals surface area contributed by atoms with Crippen LogP contribution in [-0.4, -0.2) is 28.5 Å². The number of thiazole rings is 1. The van der Waals surface area contributed by atoms with Gasteiger partial charge in [0.05, 0.1) is 23.9 Å². The van der Waals surface area contributed by atoms with Gasteiger partial charge in [0.2, 0.25) is 5.95 Å². The minimum Gasteiger partial charge on any atom is -0.354 e. The molecule has 0 atom stereocenters. The third-order valence-corrected chi connectivity index (χ3v) is 4.03. The second-order valence-corrected chi connectivity index (χ2v) is 5.86. The van der Waals surface area contributed by atoms with E-state index in [4.69, 9.17) is 11.6 Å². The molecule has 0 aliphatic rings. The molecule has 0 spiro atoms.